The number of ketones is 1. The molecule has 7 atom stereocenters. The summed E-state index contributed by atoms with van der Waals surface area (Å²) in [5, 5.41) is 11.0. The Bertz CT molecular complexity index is 889. The zero-order chi connectivity index (χ0) is 19.8. The summed E-state index contributed by atoms with van der Waals surface area (Å²) in [7, 11) is 0. The van der Waals surface area contributed by atoms with Gasteiger partial charge in [0.1, 0.15) is 0 Å². The summed E-state index contributed by atoms with van der Waals surface area (Å²) in [6.45, 7) is 2.63. The number of rotatable bonds is 1. The fraction of sp³-hybridized carbons (Fsp3) is 0.640. The van der Waals surface area contributed by atoms with E-state index in [-0.39, 0.29) is 11.5 Å². The van der Waals surface area contributed by atoms with Gasteiger partial charge in [0.15, 0.2) is 17.3 Å². The van der Waals surface area contributed by atoms with E-state index in [9.17, 15) is 9.90 Å². The Morgan fingerprint density at radius 1 is 1.03 bits per heavy atom. The van der Waals surface area contributed by atoms with Crippen LogP contribution < -0.4 is 9.47 Å². The number of hydrogen-bond donors (Lipinski definition) is 1. The van der Waals surface area contributed by atoms with Crippen LogP contribution in [0.3, 0.4) is 0 Å². The highest BCUT2D eigenvalue weighted by atomic mass is 16.7. The maximum atomic E-state index is 12.1. The van der Waals surface area contributed by atoms with Crippen molar-refractivity contribution in [2.45, 2.75) is 63.9 Å². The first-order valence-corrected chi connectivity index (χ1v) is 11.4. The molecule has 4 aliphatic carbocycles. The molecule has 1 N–H and O–H groups in total. The van der Waals surface area contributed by atoms with Gasteiger partial charge >= 0.3 is 0 Å². The van der Waals surface area contributed by atoms with E-state index >= 15 is 0 Å². The molecule has 0 bridgehead atoms. The minimum Gasteiger partial charge on any atom is -0.454 e. The van der Waals surface area contributed by atoms with Gasteiger partial charge in [-0.3, -0.25) is 4.79 Å². The molecule has 4 nitrogen and oxygen atoms in total. The molecule has 0 saturated heterocycles. The Balaban J connectivity index is 1.45. The third kappa shape index (κ3) is 2.57. The minimum atomic E-state index is -0.199. The van der Waals surface area contributed by atoms with Crippen molar-refractivity contribution in [1.82, 2.24) is 0 Å². The van der Waals surface area contributed by atoms with Gasteiger partial charge in [-0.1, -0.05) is 18.6 Å². The lowest BCUT2D eigenvalue weighted by atomic mass is 9.48. The molecule has 0 aromatic heterocycles. The molecule has 1 aliphatic heterocycles. The number of carbonyl (C=O) groups excluding carboxylic acids is 1. The van der Waals surface area contributed by atoms with Crippen molar-refractivity contribution in [3.63, 3.8) is 0 Å². The summed E-state index contributed by atoms with van der Waals surface area (Å²) in [6, 6.07) is 6.45. The molecule has 0 amide bonds. The van der Waals surface area contributed by atoms with Gasteiger partial charge in [0, 0.05) is 6.42 Å². The lowest BCUT2D eigenvalue weighted by Crippen LogP contribution is -2.50. The van der Waals surface area contributed by atoms with Gasteiger partial charge in [0.2, 0.25) is 6.79 Å². The second-order valence-corrected chi connectivity index (χ2v) is 10.2. The lowest BCUT2D eigenvalue weighted by molar-refractivity contribution is -0.116. The highest BCUT2D eigenvalue weighted by Gasteiger charge is 2.59. The third-order valence-electron chi connectivity index (χ3n) is 9.08. The van der Waals surface area contributed by atoms with Gasteiger partial charge < -0.3 is 14.6 Å². The van der Waals surface area contributed by atoms with Crippen molar-refractivity contribution < 1.29 is 19.4 Å². The Morgan fingerprint density at radius 3 is 2.79 bits per heavy atom. The van der Waals surface area contributed by atoms with Crippen LogP contribution in [0.1, 0.15) is 63.4 Å². The summed E-state index contributed by atoms with van der Waals surface area (Å²) in [4.78, 5) is 12.1. The van der Waals surface area contributed by atoms with Gasteiger partial charge in [-0.2, -0.15) is 0 Å². The van der Waals surface area contributed by atoms with Crippen LogP contribution in [0.2, 0.25) is 0 Å². The summed E-state index contributed by atoms with van der Waals surface area (Å²) < 4.78 is 11.2. The van der Waals surface area contributed by atoms with Crippen molar-refractivity contribution in [3.8, 4) is 11.5 Å². The average Bonchev–Trinajstić information content (AvgIpc) is 3.30. The lowest BCUT2D eigenvalue weighted by Gasteiger charge is -2.57. The zero-order valence-corrected chi connectivity index (χ0v) is 17.1. The number of benzene rings is 1. The number of hydrogen-bond acceptors (Lipinski definition) is 4. The fourth-order valence-electron chi connectivity index (χ4n) is 7.77. The number of aliphatic hydroxyl groups is 1. The van der Waals surface area contributed by atoms with Gasteiger partial charge in [-0.15, -0.1) is 0 Å². The molecule has 3 fully saturated rings. The van der Waals surface area contributed by atoms with E-state index in [0.29, 0.717) is 48.6 Å². The van der Waals surface area contributed by atoms with Crippen LogP contribution in [-0.2, 0) is 4.79 Å². The molecular formula is C25H30O4. The van der Waals surface area contributed by atoms with Gasteiger partial charge in [-0.05, 0) is 97.3 Å². The number of carbonyl (C=O) groups is 1. The van der Waals surface area contributed by atoms with Crippen LogP contribution in [0.25, 0.3) is 0 Å². The van der Waals surface area contributed by atoms with Crippen molar-refractivity contribution in [3.05, 3.63) is 35.4 Å². The molecule has 0 radical (unpaired) electrons. The third-order valence-corrected chi connectivity index (χ3v) is 9.08. The van der Waals surface area contributed by atoms with Crippen LogP contribution in [0.5, 0.6) is 11.5 Å². The van der Waals surface area contributed by atoms with Crippen LogP contribution in [0.4, 0.5) is 0 Å². The van der Waals surface area contributed by atoms with Crippen molar-refractivity contribution >= 4 is 5.78 Å². The summed E-state index contributed by atoms with van der Waals surface area (Å²) in [5.41, 5.74) is 2.71. The molecule has 6 rings (SSSR count). The summed E-state index contributed by atoms with van der Waals surface area (Å²) in [5.74, 6) is 4.71. The first-order valence-electron chi connectivity index (χ1n) is 11.4. The summed E-state index contributed by atoms with van der Waals surface area (Å²) >= 11 is 0. The molecule has 4 heteroatoms. The van der Waals surface area contributed by atoms with E-state index < -0.39 is 0 Å². The fourth-order valence-corrected chi connectivity index (χ4v) is 7.77. The summed E-state index contributed by atoms with van der Waals surface area (Å²) in [6.07, 6.45) is 8.80. The second kappa shape index (κ2) is 6.34. The first kappa shape index (κ1) is 18.0. The van der Waals surface area contributed by atoms with Crippen molar-refractivity contribution in [1.29, 1.82) is 0 Å². The van der Waals surface area contributed by atoms with Crippen LogP contribution in [0, 0.1) is 29.1 Å². The quantitative estimate of drug-likeness (QED) is 0.756. The molecule has 29 heavy (non-hydrogen) atoms. The molecule has 1 heterocycles. The van der Waals surface area contributed by atoms with Gasteiger partial charge in [-0.25, -0.2) is 0 Å². The normalized spacial score (nSPS) is 42.7. The van der Waals surface area contributed by atoms with E-state index in [1.807, 2.05) is 6.08 Å². The van der Waals surface area contributed by atoms with E-state index in [0.717, 1.165) is 50.0 Å². The van der Waals surface area contributed by atoms with Crippen LogP contribution in [-0.4, -0.2) is 23.8 Å². The minimum absolute atomic E-state index is 0.00604. The van der Waals surface area contributed by atoms with E-state index in [4.69, 9.17) is 9.47 Å². The molecule has 3 saturated carbocycles. The number of allylic oxidation sites excluding steroid dienone is 1. The largest absolute Gasteiger partial charge is 0.454 e. The molecule has 1 aromatic rings. The number of ether oxygens (including phenoxy) is 2. The molecular weight excluding hydrogens is 364 g/mol. The Kier molecular flexibility index (Phi) is 3.94. The molecule has 0 spiro atoms. The standard InChI is InChI=1S/C25H30O4/c1-25-12-19(15-3-8-21-22(11-15)29-13-28-21)24-17-6-4-16(26)10-14(17)2-5-18(24)20(25)7-9-23(25)27/h3,8,10-11,17-20,23-24,27H,2,4-7,9,12-13H2,1H3. The highest BCUT2D eigenvalue weighted by Crippen LogP contribution is 2.65. The average molecular weight is 395 g/mol. The molecule has 5 aliphatic rings. The predicted octanol–water partition coefficient (Wildman–Crippen LogP) is 4.61. The van der Waals surface area contributed by atoms with E-state index in [1.54, 1.807) is 0 Å². The topological polar surface area (TPSA) is 55.8 Å². The van der Waals surface area contributed by atoms with Gasteiger partial charge in [0.05, 0.1) is 6.10 Å². The molecule has 7 unspecified atom stereocenters. The Morgan fingerprint density at radius 2 is 1.90 bits per heavy atom. The van der Waals surface area contributed by atoms with Crippen molar-refractivity contribution in [2.24, 2.45) is 29.1 Å². The molecule has 154 valence electrons. The smallest absolute Gasteiger partial charge is 0.231 e. The van der Waals surface area contributed by atoms with Crippen LogP contribution in [0.15, 0.2) is 29.8 Å². The predicted molar refractivity (Wildman–Crippen MR) is 109 cm³/mol. The maximum Gasteiger partial charge on any atom is 0.231 e. The number of fused-ring (bicyclic) bond motifs is 6. The van der Waals surface area contributed by atoms with Gasteiger partial charge in [0.25, 0.3) is 0 Å². The van der Waals surface area contributed by atoms with E-state index in [2.05, 4.69) is 25.1 Å². The Labute approximate surface area is 172 Å². The maximum absolute atomic E-state index is 12.1. The SMILES string of the molecule is CC12CC(c3ccc4c(c3)OCO4)C3C4CCC(=O)C=C4CCC3C1CCC2O. The second-order valence-electron chi connectivity index (χ2n) is 10.2. The van der Waals surface area contributed by atoms with Crippen LogP contribution >= 0.6 is 0 Å². The van der Waals surface area contributed by atoms with E-state index in [1.165, 1.54) is 11.1 Å². The number of aliphatic hydroxyl groups excluding tert-OH is 1. The monoisotopic (exact) mass is 394 g/mol. The first-order chi connectivity index (χ1) is 14.0. The zero-order valence-electron chi connectivity index (χ0n) is 17.1. The molecule has 1 aromatic carbocycles. The Hall–Kier alpha value is -1.81. The highest BCUT2D eigenvalue weighted by molar-refractivity contribution is 5.91. The van der Waals surface area contributed by atoms with Crippen molar-refractivity contribution in [2.75, 3.05) is 6.79 Å².